The lowest BCUT2D eigenvalue weighted by Gasteiger charge is -2.54. The maximum absolute atomic E-state index is 12.7. The Hall–Kier alpha value is -2.39. The van der Waals surface area contributed by atoms with Crippen LogP contribution in [0.15, 0.2) is 29.9 Å². The first-order chi connectivity index (χ1) is 16.8. The summed E-state index contributed by atoms with van der Waals surface area (Å²) in [5.41, 5.74) is 13.5. The first kappa shape index (κ1) is 33.6. The van der Waals surface area contributed by atoms with Gasteiger partial charge in [0.2, 0.25) is 5.75 Å². The van der Waals surface area contributed by atoms with Crippen molar-refractivity contribution in [2.75, 3.05) is 7.11 Å². The average molecular weight is 572 g/mol. The summed E-state index contributed by atoms with van der Waals surface area (Å²) in [5.74, 6) is -0.972. The lowest BCUT2D eigenvalue weighted by molar-refractivity contribution is -0.139. The Morgan fingerprint density at radius 1 is 0.921 bits per heavy atom. The van der Waals surface area contributed by atoms with Gasteiger partial charge in [0.25, 0.3) is 0 Å². The monoisotopic (exact) mass is 570 g/mol. The Balaban J connectivity index is 0.00000361. The molecule has 0 spiro atoms. The summed E-state index contributed by atoms with van der Waals surface area (Å²) in [6.07, 6.45) is 6.29. The number of fused-ring (bicyclic) bond motifs is 1. The predicted octanol–water partition coefficient (Wildman–Crippen LogP) is 4.50. The van der Waals surface area contributed by atoms with Gasteiger partial charge < -0.3 is 25.7 Å². The Labute approximate surface area is 237 Å². The van der Waals surface area contributed by atoms with Crippen LogP contribution in [0.2, 0.25) is 0 Å². The standard InChI is InChI=1S/C28H38N2O6.2ClH/c1-14(2)23(29)26(32)35-22-11-16(8-9-17-12-20(31)19-13-18(17)28(19,5)6)10-21(34-7)25(22)36-27(33)24(30)15(3)4;;/h8-12,14-15,18-19,23-24H,13,29-30H2,1-7H3;2*1H/b9-8+;;/t18-,19+,23?,24?;;/m0../s1. The van der Waals surface area contributed by atoms with Crippen LogP contribution in [0.3, 0.4) is 0 Å². The smallest absolute Gasteiger partial charge is 0.328 e. The van der Waals surface area contributed by atoms with Gasteiger partial charge in [-0.1, -0.05) is 53.7 Å². The Kier molecular flexibility index (Phi) is 11.6. The number of rotatable bonds is 9. The third-order valence-corrected chi connectivity index (χ3v) is 7.45. The van der Waals surface area contributed by atoms with E-state index in [0.29, 0.717) is 11.5 Å². The van der Waals surface area contributed by atoms with Crippen molar-refractivity contribution in [3.63, 3.8) is 0 Å². The SMILES string of the molecule is COc1cc(/C=C/C2=CC(=O)[C@H]3C[C@@H]2C3(C)C)cc(OC(=O)C(N)C(C)C)c1OC(=O)C(N)C(C)C.Cl.Cl. The fourth-order valence-corrected chi connectivity index (χ4v) is 4.61. The van der Waals surface area contributed by atoms with Crippen LogP contribution < -0.4 is 25.7 Å². The van der Waals surface area contributed by atoms with Gasteiger partial charge in [-0.25, -0.2) is 9.59 Å². The molecular formula is C28H40Cl2N2O6. The first-order valence-electron chi connectivity index (χ1n) is 12.4. The second kappa shape index (κ2) is 13.1. The van der Waals surface area contributed by atoms with Crippen LogP contribution in [-0.2, 0) is 14.4 Å². The van der Waals surface area contributed by atoms with Gasteiger partial charge in [0.15, 0.2) is 17.3 Å². The van der Waals surface area contributed by atoms with E-state index in [1.54, 1.807) is 45.9 Å². The summed E-state index contributed by atoms with van der Waals surface area (Å²) in [6.45, 7) is 11.5. The molecule has 0 aliphatic heterocycles. The fraction of sp³-hybridized carbons (Fsp3) is 0.536. The second-order valence-corrected chi connectivity index (χ2v) is 11.0. The number of halogens is 2. The quantitative estimate of drug-likeness (QED) is 0.327. The molecule has 4 atom stereocenters. The number of esters is 2. The number of ketones is 1. The summed E-state index contributed by atoms with van der Waals surface area (Å²) in [7, 11) is 1.42. The van der Waals surface area contributed by atoms with E-state index in [2.05, 4.69) is 13.8 Å². The number of carbonyl (C=O) groups excluding carboxylic acids is 3. The molecule has 38 heavy (non-hydrogen) atoms. The van der Waals surface area contributed by atoms with Crippen LogP contribution in [-0.4, -0.2) is 36.9 Å². The maximum atomic E-state index is 12.7. The predicted molar refractivity (Wildman–Crippen MR) is 152 cm³/mol. The number of ether oxygens (including phenoxy) is 3. The summed E-state index contributed by atoms with van der Waals surface area (Å²) in [6, 6.07) is 1.50. The van der Waals surface area contributed by atoms with Crippen molar-refractivity contribution in [3.05, 3.63) is 35.4 Å². The van der Waals surface area contributed by atoms with Gasteiger partial charge in [-0.05, 0) is 58.9 Å². The van der Waals surface area contributed by atoms with Crippen LogP contribution in [0.5, 0.6) is 17.2 Å². The highest BCUT2D eigenvalue weighted by Crippen LogP contribution is 2.58. The molecule has 3 aliphatic carbocycles. The molecule has 10 heteroatoms. The van der Waals surface area contributed by atoms with Gasteiger partial charge in [-0.2, -0.15) is 0 Å². The zero-order valence-corrected chi connectivity index (χ0v) is 24.6. The highest BCUT2D eigenvalue weighted by Gasteiger charge is 2.54. The van der Waals surface area contributed by atoms with E-state index in [-0.39, 0.29) is 71.0 Å². The molecule has 212 valence electrons. The molecule has 0 saturated heterocycles. The van der Waals surface area contributed by atoms with Gasteiger partial charge in [-0.15, -0.1) is 24.8 Å². The van der Waals surface area contributed by atoms with Crippen molar-refractivity contribution in [2.24, 2.45) is 40.6 Å². The summed E-state index contributed by atoms with van der Waals surface area (Å²) < 4.78 is 16.6. The van der Waals surface area contributed by atoms with Crippen LogP contribution in [0.4, 0.5) is 0 Å². The lowest BCUT2D eigenvalue weighted by Crippen LogP contribution is -2.52. The molecular weight excluding hydrogens is 531 g/mol. The summed E-state index contributed by atoms with van der Waals surface area (Å²) >= 11 is 0. The maximum Gasteiger partial charge on any atom is 0.328 e. The number of methoxy groups -OCH3 is 1. The van der Waals surface area contributed by atoms with Crippen molar-refractivity contribution >= 4 is 48.6 Å². The van der Waals surface area contributed by atoms with Crippen molar-refractivity contribution in [2.45, 2.75) is 60.0 Å². The van der Waals surface area contributed by atoms with E-state index >= 15 is 0 Å². The number of carbonyl (C=O) groups is 3. The second-order valence-electron chi connectivity index (χ2n) is 11.0. The van der Waals surface area contributed by atoms with Crippen LogP contribution in [0.25, 0.3) is 6.08 Å². The van der Waals surface area contributed by atoms with Gasteiger partial charge in [0, 0.05) is 5.92 Å². The van der Waals surface area contributed by atoms with Crippen molar-refractivity contribution in [3.8, 4) is 17.2 Å². The highest BCUT2D eigenvalue weighted by molar-refractivity contribution is 5.96. The molecule has 1 aromatic carbocycles. The molecule has 0 heterocycles. The summed E-state index contributed by atoms with van der Waals surface area (Å²) in [4.78, 5) is 37.8. The molecule has 2 bridgehead atoms. The van der Waals surface area contributed by atoms with Gasteiger partial charge in [-0.3, -0.25) is 4.79 Å². The average Bonchev–Trinajstić information content (AvgIpc) is 2.81. The fourth-order valence-electron chi connectivity index (χ4n) is 4.61. The number of benzene rings is 1. The number of allylic oxidation sites excluding steroid dienone is 3. The van der Waals surface area contributed by atoms with E-state index in [4.69, 9.17) is 25.7 Å². The molecule has 1 saturated carbocycles. The zero-order chi connectivity index (χ0) is 26.9. The molecule has 1 fully saturated rings. The van der Waals surface area contributed by atoms with Gasteiger partial charge in [0.1, 0.15) is 12.1 Å². The zero-order valence-electron chi connectivity index (χ0n) is 23.0. The van der Waals surface area contributed by atoms with Crippen LogP contribution in [0.1, 0.15) is 53.5 Å². The Morgan fingerprint density at radius 3 is 1.92 bits per heavy atom. The van der Waals surface area contributed by atoms with E-state index < -0.39 is 24.0 Å². The minimum Gasteiger partial charge on any atom is -0.493 e. The van der Waals surface area contributed by atoms with Gasteiger partial charge >= 0.3 is 11.9 Å². The lowest BCUT2D eigenvalue weighted by atomic mass is 9.48. The highest BCUT2D eigenvalue weighted by atomic mass is 35.5. The number of nitrogens with two attached hydrogens (primary N) is 2. The molecule has 0 radical (unpaired) electrons. The minimum absolute atomic E-state index is 0. The van der Waals surface area contributed by atoms with Crippen molar-refractivity contribution in [1.29, 1.82) is 0 Å². The van der Waals surface area contributed by atoms with Crippen molar-refractivity contribution in [1.82, 2.24) is 0 Å². The molecule has 4 rings (SSSR count). The van der Waals surface area contributed by atoms with Gasteiger partial charge in [0.05, 0.1) is 7.11 Å². The number of hydrogen-bond donors (Lipinski definition) is 2. The molecule has 4 N–H and O–H groups in total. The normalized spacial score (nSPS) is 21.0. The third kappa shape index (κ3) is 6.78. The van der Waals surface area contributed by atoms with E-state index in [9.17, 15) is 14.4 Å². The largest absolute Gasteiger partial charge is 0.493 e. The first-order valence-corrected chi connectivity index (χ1v) is 12.4. The molecule has 0 amide bonds. The molecule has 0 aromatic heterocycles. The van der Waals surface area contributed by atoms with Crippen molar-refractivity contribution < 1.29 is 28.6 Å². The molecule has 1 aromatic rings. The Bertz CT molecular complexity index is 1110. The number of hydrogen-bond acceptors (Lipinski definition) is 8. The topological polar surface area (TPSA) is 131 Å². The van der Waals surface area contributed by atoms with E-state index in [1.165, 1.54) is 7.11 Å². The molecule has 3 aliphatic rings. The molecule has 2 unspecified atom stereocenters. The molecule has 8 nitrogen and oxygen atoms in total. The van der Waals surface area contributed by atoms with Crippen LogP contribution >= 0.6 is 24.8 Å². The summed E-state index contributed by atoms with van der Waals surface area (Å²) in [5, 5.41) is 0. The van der Waals surface area contributed by atoms with Crippen LogP contribution in [0, 0.1) is 29.1 Å². The minimum atomic E-state index is -0.874. The van der Waals surface area contributed by atoms with E-state index in [1.807, 2.05) is 12.2 Å². The third-order valence-electron chi connectivity index (χ3n) is 7.45. The van der Waals surface area contributed by atoms with E-state index in [0.717, 1.165) is 12.0 Å². The Morgan fingerprint density at radius 2 is 1.45 bits per heavy atom.